The van der Waals surface area contributed by atoms with E-state index in [9.17, 15) is 9.90 Å². The highest BCUT2D eigenvalue weighted by Gasteiger charge is 2.38. The summed E-state index contributed by atoms with van der Waals surface area (Å²) in [6.45, 7) is 0. The Balaban J connectivity index is 2.03. The second-order valence-corrected chi connectivity index (χ2v) is 6.70. The molecule has 0 fully saturated rings. The first-order valence-corrected chi connectivity index (χ1v) is 9.14. The minimum absolute atomic E-state index is 0.0168. The lowest BCUT2D eigenvalue weighted by Crippen LogP contribution is -2.55. The zero-order valence-corrected chi connectivity index (χ0v) is 14.7. The van der Waals surface area contributed by atoms with Gasteiger partial charge >= 0.3 is 11.3 Å². The van der Waals surface area contributed by atoms with Crippen LogP contribution in [0.4, 0.5) is 5.69 Å². The molecule has 1 aliphatic heterocycles. The molecule has 126 valence electrons. The Hall–Kier alpha value is -2.51. The standard InChI is InChI=1S/C17H13ClN4O2S/c1-25-17-20-16(24)14-9-5-2-3-7-11(9)19-15(22(14)21-17)10-6-4-8-12(23)13(10)18/h2-8,15H,1H3,(H2,20,21,23,24)/p+1/t15-/m1/s1. The van der Waals surface area contributed by atoms with E-state index in [2.05, 4.69) is 15.4 Å². The highest BCUT2D eigenvalue weighted by atomic mass is 35.5. The number of phenolic OH excluding ortho intramolecular Hbond substituents is 1. The van der Waals surface area contributed by atoms with E-state index in [1.165, 1.54) is 17.8 Å². The summed E-state index contributed by atoms with van der Waals surface area (Å²) in [5.41, 5.74) is 2.41. The van der Waals surface area contributed by atoms with Gasteiger partial charge in [-0.05, 0) is 35.2 Å². The van der Waals surface area contributed by atoms with Crippen molar-refractivity contribution >= 4 is 29.1 Å². The van der Waals surface area contributed by atoms with Crippen LogP contribution in [0.5, 0.6) is 5.75 Å². The summed E-state index contributed by atoms with van der Waals surface area (Å²) in [6.07, 6.45) is 1.32. The summed E-state index contributed by atoms with van der Waals surface area (Å²) in [6, 6.07) is 12.5. The molecule has 0 radical (unpaired) electrons. The lowest BCUT2D eigenvalue weighted by atomic mass is 10.0. The van der Waals surface area contributed by atoms with Crippen LogP contribution in [0.2, 0.25) is 5.02 Å². The maximum absolute atomic E-state index is 12.7. The zero-order valence-electron chi connectivity index (χ0n) is 13.2. The van der Waals surface area contributed by atoms with Crippen molar-refractivity contribution < 1.29 is 9.79 Å². The molecule has 3 N–H and O–H groups in total. The number of aromatic amines is 1. The minimum Gasteiger partial charge on any atom is -0.506 e. The van der Waals surface area contributed by atoms with Crippen molar-refractivity contribution in [3.05, 3.63) is 63.4 Å². The van der Waals surface area contributed by atoms with Crippen LogP contribution < -0.4 is 15.6 Å². The molecule has 0 saturated carbocycles. The van der Waals surface area contributed by atoms with Gasteiger partial charge in [-0.3, -0.25) is 9.78 Å². The van der Waals surface area contributed by atoms with E-state index in [0.717, 1.165) is 11.3 Å². The number of nitrogens with zero attached hydrogens (tertiary/aromatic N) is 2. The van der Waals surface area contributed by atoms with E-state index in [4.69, 9.17) is 11.6 Å². The third-order valence-corrected chi connectivity index (χ3v) is 5.06. The van der Waals surface area contributed by atoms with Gasteiger partial charge in [0, 0.05) is 5.10 Å². The SMILES string of the molecule is CSc1n[n+]2c(c(=O)[nH]1)-c1ccccc1N[C@H]2c1cccc(O)c1Cl. The Morgan fingerprint density at radius 3 is 2.84 bits per heavy atom. The van der Waals surface area contributed by atoms with Gasteiger partial charge in [-0.25, -0.2) is 0 Å². The molecular weight excluding hydrogens is 360 g/mol. The van der Waals surface area contributed by atoms with Crippen molar-refractivity contribution in [1.82, 2.24) is 10.1 Å². The van der Waals surface area contributed by atoms with Crippen LogP contribution in [0.25, 0.3) is 11.3 Å². The predicted molar refractivity (Wildman–Crippen MR) is 97.1 cm³/mol. The number of aromatic hydroxyl groups is 1. The lowest BCUT2D eigenvalue weighted by Gasteiger charge is -2.23. The Labute approximate surface area is 152 Å². The van der Waals surface area contributed by atoms with Crippen molar-refractivity contribution in [2.24, 2.45) is 0 Å². The monoisotopic (exact) mass is 373 g/mol. The smallest absolute Gasteiger partial charge is 0.325 e. The van der Waals surface area contributed by atoms with Crippen LogP contribution in [0.3, 0.4) is 0 Å². The number of fused-ring (bicyclic) bond motifs is 3. The Bertz CT molecular complexity index is 1040. The molecule has 25 heavy (non-hydrogen) atoms. The van der Waals surface area contributed by atoms with Crippen molar-refractivity contribution in [2.75, 3.05) is 11.6 Å². The molecule has 0 aliphatic carbocycles. The van der Waals surface area contributed by atoms with E-state index >= 15 is 0 Å². The number of aromatic nitrogens is 3. The fraction of sp³-hybridized carbons (Fsp3) is 0.118. The number of rotatable bonds is 2. The maximum atomic E-state index is 12.7. The number of thioether (sulfide) groups is 1. The molecule has 0 spiro atoms. The van der Waals surface area contributed by atoms with Crippen LogP contribution in [-0.2, 0) is 0 Å². The molecule has 0 amide bonds. The number of halogens is 1. The van der Waals surface area contributed by atoms with Gasteiger partial charge in [0.2, 0.25) is 5.16 Å². The van der Waals surface area contributed by atoms with Crippen LogP contribution in [0.15, 0.2) is 52.4 Å². The highest BCUT2D eigenvalue weighted by Crippen LogP contribution is 2.36. The first-order valence-electron chi connectivity index (χ1n) is 7.53. The Morgan fingerprint density at radius 1 is 1.24 bits per heavy atom. The van der Waals surface area contributed by atoms with Gasteiger partial charge in [0.15, 0.2) is 0 Å². The molecule has 1 atom stereocenters. The molecule has 2 heterocycles. The first kappa shape index (κ1) is 16.0. The van der Waals surface area contributed by atoms with Crippen LogP contribution in [-0.4, -0.2) is 21.4 Å². The summed E-state index contributed by atoms with van der Waals surface area (Å²) >= 11 is 7.66. The van der Waals surface area contributed by atoms with Crippen molar-refractivity contribution in [1.29, 1.82) is 0 Å². The number of phenols is 1. The number of hydrogen-bond donors (Lipinski definition) is 3. The number of para-hydroxylation sites is 1. The maximum Gasteiger partial charge on any atom is 0.325 e. The Kier molecular flexibility index (Phi) is 3.89. The molecule has 8 heteroatoms. The second-order valence-electron chi connectivity index (χ2n) is 5.53. The molecule has 0 saturated heterocycles. The summed E-state index contributed by atoms with van der Waals surface area (Å²) in [4.78, 5) is 15.5. The van der Waals surface area contributed by atoms with Gasteiger partial charge in [0.25, 0.3) is 6.17 Å². The predicted octanol–water partition coefficient (Wildman–Crippen LogP) is 2.78. The van der Waals surface area contributed by atoms with Crippen molar-refractivity contribution in [3.8, 4) is 17.0 Å². The molecule has 2 aromatic carbocycles. The van der Waals surface area contributed by atoms with E-state index in [1.807, 2.05) is 30.5 Å². The zero-order chi connectivity index (χ0) is 17.6. The largest absolute Gasteiger partial charge is 0.506 e. The van der Waals surface area contributed by atoms with Gasteiger partial charge < -0.3 is 10.4 Å². The Morgan fingerprint density at radius 2 is 2.04 bits per heavy atom. The van der Waals surface area contributed by atoms with Gasteiger partial charge in [-0.1, -0.05) is 41.6 Å². The fourth-order valence-corrected chi connectivity index (χ4v) is 3.53. The summed E-state index contributed by atoms with van der Waals surface area (Å²) in [5, 5.41) is 18.6. The molecule has 3 aromatic rings. The van der Waals surface area contributed by atoms with Crippen molar-refractivity contribution in [3.63, 3.8) is 0 Å². The van der Waals surface area contributed by atoms with E-state index in [1.54, 1.807) is 16.8 Å². The average Bonchev–Trinajstić information content (AvgIpc) is 2.63. The first-order chi connectivity index (χ1) is 12.1. The summed E-state index contributed by atoms with van der Waals surface area (Å²) in [5.74, 6) is -0.0168. The topological polar surface area (TPSA) is 81.9 Å². The molecule has 6 nitrogen and oxygen atoms in total. The van der Waals surface area contributed by atoms with E-state index < -0.39 is 6.17 Å². The molecule has 4 rings (SSSR count). The second kappa shape index (κ2) is 6.09. The molecule has 0 bridgehead atoms. The minimum atomic E-state index is -0.516. The summed E-state index contributed by atoms with van der Waals surface area (Å²) < 4.78 is 1.62. The number of H-pyrrole nitrogens is 1. The lowest BCUT2D eigenvalue weighted by molar-refractivity contribution is -0.759. The number of anilines is 1. The molecular formula is C17H14ClN4O2S+. The van der Waals surface area contributed by atoms with E-state index in [-0.39, 0.29) is 16.3 Å². The third-order valence-electron chi connectivity index (χ3n) is 4.08. The average molecular weight is 374 g/mol. The highest BCUT2D eigenvalue weighted by molar-refractivity contribution is 7.98. The number of nitrogens with one attached hydrogen (secondary N) is 2. The molecule has 0 unspecified atom stereocenters. The van der Waals surface area contributed by atoms with Gasteiger partial charge in [0.1, 0.15) is 5.75 Å². The van der Waals surface area contributed by atoms with Gasteiger partial charge in [0.05, 0.1) is 21.8 Å². The van der Waals surface area contributed by atoms with Crippen molar-refractivity contribution in [2.45, 2.75) is 11.3 Å². The summed E-state index contributed by atoms with van der Waals surface area (Å²) in [7, 11) is 0. The fourth-order valence-electron chi connectivity index (χ4n) is 2.94. The number of hydrogen-bond acceptors (Lipinski definition) is 5. The van der Waals surface area contributed by atoms with Gasteiger partial charge in [-0.2, -0.15) is 0 Å². The van der Waals surface area contributed by atoms with E-state index in [0.29, 0.717) is 16.4 Å². The van der Waals surface area contributed by atoms with Crippen LogP contribution in [0.1, 0.15) is 11.7 Å². The normalized spacial score (nSPS) is 15.2. The van der Waals surface area contributed by atoms with Gasteiger partial charge in [-0.15, -0.1) is 0 Å². The molecule has 1 aliphatic rings. The third kappa shape index (κ3) is 2.56. The van der Waals surface area contributed by atoms with Crippen LogP contribution in [0, 0.1) is 0 Å². The molecule has 1 aromatic heterocycles. The quantitative estimate of drug-likeness (QED) is 0.475. The van der Waals surface area contributed by atoms with Crippen LogP contribution >= 0.6 is 23.4 Å². The number of benzene rings is 2.